The van der Waals surface area contributed by atoms with Gasteiger partial charge in [-0.05, 0) is 55.3 Å². The van der Waals surface area contributed by atoms with Crippen LogP contribution in [0.2, 0.25) is 10.0 Å². The number of hydrogen-bond donors (Lipinski definition) is 1. The van der Waals surface area contributed by atoms with Crippen LogP contribution >= 0.6 is 23.2 Å². The molecular weight excluding hydrogens is 411 g/mol. The Hall–Kier alpha value is -2.24. The van der Waals surface area contributed by atoms with Gasteiger partial charge in [-0.15, -0.1) is 0 Å². The predicted molar refractivity (Wildman–Crippen MR) is 119 cm³/mol. The third kappa shape index (κ3) is 7.59. The van der Waals surface area contributed by atoms with Crippen molar-refractivity contribution in [3.63, 3.8) is 0 Å². The highest BCUT2D eigenvalue weighted by Crippen LogP contribution is 2.28. The van der Waals surface area contributed by atoms with Gasteiger partial charge in [-0.3, -0.25) is 4.79 Å². The first-order chi connectivity index (χ1) is 14.0. The summed E-state index contributed by atoms with van der Waals surface area (Å²) in [6.45, 7) is 5.28. The van der Waals surface area contributed by atoms with E-state index < -0.39 is 5.91 Å². The van der Waals surface area contributed by atoms with Gasteiger partial charge in [0.15, 0.2) is 11.5 Å². The zero-order valence-corrected chi connectivity index (χ0v) is 18.2. The fourth-order valence-corrected chi connectivity index (χ4v) is 3.10. The summed E-state index contributed by atoms with van der Waals surface area (Å²) < 4.78 is 11.5. The molecule has 0 unspecified atom stereocenters. The van der Waals surface area contributed by atoms with E-state index in [1.165, 1.54) is 25.1 Å². The molecule has 0 spiro atoms. The topological polar surface area (TPSA) is 59.9 Å². The summed E-state index contributed by atoms with van der Waals surface area (Å²) >= 11 is 11.9. The average molecular weight is 437 g/mol. The van der Waals surface area contributed by atoms with Gasteiger partial charge in [0.1, 0.15) is 0 Å². The van der Waals surface area contributed by atoms with Crippen LogP contribution in [0.1, 0.15) is 55.5 Å². The molecule has 7 heteroatoms. The van der Waals surface area contributed by atoms with Gasteiger partial charge >= 0.3 is 0 Å². The molecule has 0 aliphatic carbocycles. The second kappa shape index (κ2) is 12.3. The minimum atomic E-state index is -0.417. The maximum absolute atomic E-state index is 12.2. The zero-order valence-electron chi connectivity index (χ0n) is 16.7. The van der Waals surface area contributed by atoms with Crippen LogP contribution in [0.3, 0.4) is 0 Å². The van der Waals surface area contributed by atoms with Crippen LogP contribution < -0.4 is 14.9 Å². The summed E-state index contributed by atoms with van der Waals surface area (Å²) in [5.74, 6) is 0.941. The van der Waals surface area contributed by atoms with Crippen molar-refractivity contribution in [2.24, 2.45) is 5.10 Å². The lowest BCUT2D eigenvalue weighted by Crippen LogP contribution is -2.18. The normalized spacial score (nSPS) is 10.9. The number of nitrogens with one attached hydrogen (secondary N) is 1. The van der Waals surface area contributed by atoms with Crippen LogP contribution in [0.4, 0.5) is 0 Å². The van der Waals surface area contributed by atoms with Crippen molar-refractivity contribution in [2.45, 2.75) is 39.5 Å². The van der Waals surface area contributed by atoms with E-state index in [9.17, 15) is 4.79 Å². The first-order valence-corrected chi connectivity index (χ1v) is 10.5. The third-order valence-corrected chi connectivity index (χ3v) is 4.63. The number of nitrogens with zero attached hydrogens (tertiary/aromatic N) is 1. The molecule has 0 fully saturated rings. The van der Waals surface area contributed by atoms with Crippen LogP contribution in [-0.2, 0) is 0 Å². The predicted octanol–water partition coefficient (Wildman–Crippen LogP) is 6.12. The summed E-state index contributed by atoms with van der Waals surface area (Å²) in [5.41, 5.74) is 3.53. The van der Waals surface area contributed by atoms with E-state index >= 15 is 0 Å². The van der Waals surface area contributed by atoms with Crippen molar-refractivity contribution in [3.05, 3.63) is 57.6 Å². The molecule has 5 nitrogen and oxygen atoms in total. The lowest BCUT2D eigenvalue weighted by Gasteiger charge is -2.12. The minimum Gasteiger partial charge on any atom is -0.490 e. The van der Waals surface area contributed by atoms with Crippen LogP contribution in [0, 0.1) is 0 Å². The summed E-state index contributed by atoms with van der Waals surface area (Å²) in [6, 6.07) is 10.2. The Labute approximate surface area is 182 Å². The van der Waals surface area contributed by atoms with E-state index in [0.29, 0.717) is 35.3 Å². The van der Waals surface area contributed by atoms with Crippen molar-refractivity contribution in [1.82, 2.24) is 5.43 Å². The van der Waals surface area contributed by atoms with E-state index in [1.807, 2.05) is 25.1 Å². The SMILES string of the molecule is CCCCCCOc1ccc(/C=N/NC(=O)c2ccc(Cl)cc2Cl)cc1OCC. The smallest absolute Gasteiger partial charge is 0.272 e. The van der Waals surface area contributed by atoms with Crippen molar-refractivity contribution in [3.8, 4) is 11.5 Å². The minimum absolute atomic E-state index is 0.268. The molecule has 2 aromatic rings. The molecule has 0 heterocycles. The molecule has 1 amide bonds. The van der Waals surface area contributed by atoms with E-state index in [-0.39, 0.29) is 5.02 Å². The number of carbonyl (C=O) groups excluding carboxylic acids is 1. The molecule has 0 saturated heterocycles. The Kier molecular flexibility index (Phi) is 9.81. The van der Waals surface area contributed by atoms with Crippen molar-refractivity contribution in [1.29, 1.82) is 0 Å². The van der Waals surface area contributed by atoms with Crippen molar-refractivity contribution < 1.29 is 14.3 Å². The van der Waals surface area contributed by atoms with Crippen molar-refractivity contribution in [2.75, 3.05) is 13.2 Å². The van der Waals surface area contributed by atoms with Gasteiger partial charge < -0.3 is 9.47 Å². The number of hydrogen-bond acceptors (Lipinski definition) is 4. The summed E-state index contributed by atoms with van der Waals surface area (Å²) in [5, 5.41) is 4.73. The molecule has 156 valence electrons. The Bertz CT molecular complexity index is 841. The quantitative estimate of drug-likeness (QED) is 0.262. The first kappa shape index (κ1) is 23.0. The van der Waals surface area contributed by atoms with Crippen LogP contribution in [0.5, 0.6) is 11.5 Å². The molecule has 0 aromatic heterocycles. The fraction of sp³-hybridized carbons (Fsp3) is 0.364. The summed E-state index contributed by atoms with van der Waals surface area (Å²) in [4.78, 5) is 12.2. The second-order valence-electron chi connectivity index (χ2n) is 6.37. The van der Waals surface area contributed by atoms with Gasteiger partial charge in [0, 0.05) is 5.02 Å². The summed E-state index contributed by atoms with van der Waals surface area (Å²) in [7, 11) is 0. The molecular formula is C22H26Cl2N2O3. The molecule has 0 aliphatic heterocycles. The number of carbonyl (C=O) groups is 1. The van der Waals surface area contributed by atoms with Gasteiger partial charge in [-0.2, -0.15) is 5.10 Å². The largest absolute Gasteiger partial charge is 0.490 e. The summed E-state index contributed by atoms with van der Waals surface area (Å²) in [6.07, 6.45) is 6.11. The highest BCUT2D eigenvalue weighted by Gasteiger charge is 2.10. The van der Waals surface area contributed by atoms with E-state index in [0.717, 1.165) is 18.4 Å². The average Bonchev–Trinajstić information content (AvgIpc) is 2.69. The van der Waals surface area contributed by atoms with Gasteiger partial charge in [-0.1, -0.05) is 49.4 Å². The highest BCUT2D eigenvalue weighted by atomic mass is 35.5. The Morgan fingerprint density at radius 1 is 1.03 bits per heavy atom. The Morgan fingerprint density at radius 2 is 1.86 bits per heavy atom. The van der Waals surface area contributed by atoms with Gasteiger partial charge in [0.2, 0.25) is 0 Å². The van der Waals surface area contributed by atoms with E-state index in [2.05, 4.69) is 17.5 Å². The van der Waals surface area contributed by atoms with Crippen molar-refractivity contribution >= 4 is 35.3 Å². The van der Waals surface area contributed by atoms with Crippen LogP contribution in [0.25, 0.3) is 0 Å². The van der Waals surface area contributed by atoms with Gasteiger partial charge in [0.05, 0.1) is 30.0 Å². The molecule has 0 aliphatic rings. The Morgan fingerprint density at radius 3 is 2.59 bits per heavy atom. The maximum Gasteiger partial charge on any atom is 0.272 e. The lowest BCUT2D eigenvalue weighted by molar-refractivity contribution is 0.0955. The van der Waals surface area contributed by atoms with E-state index in [4.69, 9.17) is 32.7 Å². The monoisotopic (exact) mass is 436 g/mol. The first-order valence-electron chi connectivity index (χ1n) is 9.73. The number of hydrazone groups is 1. The number of halogens is 2. The van der Waals surface area contributed by atoms with Gasteiger partial charge in [0.25, 0.3) is 5.91 Å². The number of ether oxygens (including phenoxy) is 2. The zero-order chi connectivity index (χ0) is 21.1. The number of amides is 1. The van der Waals surface area contributed by atoms with E-state index in [1.54, 1.807) is 12.1 Å². The lowest BCUT2D eigenvalue weighted by atomic mass is 10.2. The molecule has 0 bridgehead atoms. The molecule has 0 saturated carbocycles. The number of rotatable bonds is 11. The van der Waals surface area contributed by atoms with Crippen LogP contribution in [-0.4, -0.2) is 25.3 Å². The molecule has 2 rings (SSSR count). The second-order valence-corrected chi connectivity index (χ2v) is 7.22. The highest BCUT2D eigenvalue weighted by molar-refractivity contribution is 6.36. The maximum atomic E-state index is 12.2. The molecule has 29 heavy (non-hydrogen) atoms. The number of unbranched alkanes of at least 4 members (excludes halogenated alkanes) is 3. The standard InChI is InChI=1S/C22H26Cl2N2O3/c1-3-5-6-7-12-29-20-11-8-16(13-21(20)28-4-2)15-25-26-22(27)18-10-9-17(23)14-19(18)24/h8-11,13-15H,3-7,12H2,1-2H3,(H,26,27)/b25-15+. The molecule has 2 aromatic carbocycles. The number of benzene rings is 2. The molecule has 1 N–H and O–H groups in total. The van der Waals surface area contributed by atoms with Crippen LogP contribution in [0.15, 0.2) is 41.5 Å². The Balaban J connectivity index is 1.98. The fourth-order valence-electron chi connectivity index (χ4n) is 2.60. The molecule has 0 radical (unpaired) electrons. The third-order valence-electron chi connectivity index (χ3n) is 4.08. The molecule has 0 atom stereocenters. The van der Waals surface area contributed by atoms with Gasteiger partial charge in [-0.25, -0.2) is 5.43 Å².